The largest absolute Gasteiger partial charge is 0.336 e. The summed E-state index contributed by atoms with van der Waals surface area (Å²) in [4.78, 5) is 29.0. The van der Waals surface area contributed by atoms with Crippen LogP contribution in [0.5, 0.6) is 0 Å². The second-order valence-corrected chi connectivity index (χ2v) is 7.38. The van der Waals surface area contributed by atoms with Gasteiger partial charge in [-0.25, -0.2) is 0 Å². The number of anilines is 1. The van der Waals surface area contributed by atoms with Gasteiger partial charge in [-0.05, 0) is 49.6 Å². The van der Waals surface area contributed by atoms with Crippen molar-refractivity contribution in [2.24, 2.45) is 0 Å². The molecule has 28 heavy (non-hydrogen) atoms. The summed E-state index contributed by atoms with van der Waals surface area (Å²) in [5.41, 5.74) is 1.49. The van der Waals surface area contributed by atoms with Gasteiger partial charge in [0.25, 0.3) is 11.8 Å². The molecule has 1 aliphatic rings. The van der Waals surface area contributed by atoms with E-state index in [4.69, 9.17) is 23.8 Å². The lowest BCUT2D eigenvalue weighted by atomic mass is 10.1. The summed E-state index contributed by atoms with van der Waals surface area (Å²) < 4.78 is 0. The molecule has 1 saturated heterocycles. The van der Waals surface area contributed by atoms with Gasteiger partial charge in [0.15, 0.2) is 5.11 Å². The molecule has 8 heteroatoms. The maximum atomic E-state index is 12.8. The van der Waals surface area contributed by atoms with Crippen LogP contribution in [0.15, 0.2) is 48.5 Å². The fourth-order valence-electron chi connectivity index (χ4n) is 2.86. The number of nitrogens with zero attached hydrogens (tertiary/aromatic N) is 2. The summed E-state index contributed by atoms with van der Waals surface area (Å²) in [6.45, 7) is 3.07. The van der Waals surface area contributed by atoms with E-state index in [2.05, 4.69) is 15.5 Å². The lowest BCUT2D eigenvalue weighted by molar-refractivity contribution is 0.0664. The van der Waals surface area contributed by atoms with Gasteiger partial charge in [-0.1, -0.05) is 29.8 Å². The molecule has 0 spiro atoms. The Kier molecular flexibility index (Phi) is 6.61. The lowest BCUT2D eigenvalue weighted by Crippen LogP contribution is -2.47. The summed E-state index contributed by atoms with van der Waals surface area (Å²) in [5, 5.41) is 6.04. The zero-order valence-corrected chi connectivity index (χ0v) is 17.0. The van der Waals surface area contributed by atoms with E-state index in [0.717, 1.165) is 13.1 Å². The zero-order chi connectivity index (χ0) is 20.1. The van der Waals surface area contributed by atoms with Gasteiger partial charge in [0, 0.05) is 37.3 Å². The van der Waals surface area contributed by atoms with Crippen molar-refractivity contribution in [1.82, 2.24) is 15.1 Å². The molecule has 0 saturated carbocycles. The average Bonchev–Trinajstić information content (AvgIpc) is 2.70. The number of amides is 2. The fraction of sp³-hybridized carbons (Fsp3) is 0.250. The van der Waals surface area contributed by atoms with Crippen molar-refractivity contribution in [2.75, 3.05) is 38.5 Å². The van der Waals surface area contributed by atoms with Gasteiger partial charge in [0.2, 0.25) is 0 Å². The Morgan fingerprint density at radius 2 is 1.68 bits per heavy atom. The lowest BCUT2D eigenvalue weighted by Gasteiger charge is -2.32. The van der Waals surface area contributed by atoms with Crippen LogP contribution in [0.25, 0.3) is 0 Å². The van der Waals surface area contributed by atoms with Gasteiger partial charge >= 0.3 is 0 Å². The summed E-state index contributed by atoms with van der Waals surface area (Å²) in [7, 11) is 2.04. The number of carbonyl (C=O) groups excluding carboxylic acids is 2. The molecule has 6 nitrogen and oxygen atoms in total. The van der Waals surface area contributed by atoms with E-state index in [9.17, 15) is 9.59 Å². The van der Waals surface area contributed by atoms with Crippen molar-refractivity contribution in [2.45, 2.75) is 0 Å². The molecule has 0 bridgehead atoms. The molecule has 0 unspecified atom stereocenters. The number of rotatable bonds is 3. The van der Waals surface area contributed by atoms with Crippen molar-refractivity contribution >= 4 is 46.4 Å². The van der Waals surface area contributed by atoms with Crippen molar-refractivity contribution < 1.29 is 9.59 Å². The van der Waals surface area contributed by atoms with Crippen LogP contribution in [0.3, 0.4) is 0 Å². The van der Waals surface area contributed by atoms with E-state index in [1.807, 2.05) is 18.0 Å². The second kappa shape index (κ2) is 9.14. The van der Waals surface area contributed by atoms with Gasteiger partial charge in [0.05, 0.1) is 10.7 Å². The summed E-state index contributed by atoms with van der Waals surface area (Å²) in [6.07, 6.45) is 0. The molecule has 1 heterocycles. The quantitative estimate of drug-likeness (QED) is 0.753. The zero-order valence-electron chi connectivity index (χ0n) is 15.4. The maximum absolute atomic E-state index is 12.8. The number of likely N-dealkylation sites (N-methyl/N-ethyl adjacent to an activating group) is 1. The molecule has 2 aromatic carbocycles. The third kappa shape index (κ3) is 5.07. The molecule has 2 N–H and O–H groups in total. The van der Waals surface area contributed by atoms with E-state index < -0.39 is 0 Å². The first-order valence-electron chi connectivity index (χ1n) is 8.89. The number of hydrogen-bond acceptors (Lipinski definition) is 4. The molecule has 0 aromatic heterocycles. The molecule has 2 aromatic rings. The number of hydrogen-bond donors (Lipinski definition) is 2. The van der Waals surface area contributed by atoms with Crippen molar-refractivity contribution in [3.05, 3.63) is 64.7 Å². The number of thiocarbonyl (C=S) groups is 1. The van der Waals surface area contributed by atoms with Gasteiger partial charge in [-0.3, -0.25) is 14.9 Å². The Bertz CT molecular complexity index is 883. The van der Waals surface area contributed by atoms with Crippen LogP contribution in [0, 0.1) is 0 Å². The molecule has 0 radical (unpaired) electrons. The van der Waals surface area contributed by atoms with Crippen LogP contribution in [0.2, 0.25) is 5.02 Å². The molecule has 3 rings (SSSR count). The first-order chi connectivity index (χ1) is 13.4. The SMILES string of the molecule is CN1CCN(C(=O)c2ccc(Cl)c(NC(=S)NC(=O)c3ccccc3)c2)CC1. The Labute approximate surface area is 174 Å². The average molecular weight is 417 g/mol. The minimum Gasteiger partial charge on any atom is -0.336 e. The normalized spacial score (nSPS) is 14.4. The van der Waals surface area contributed by atoms with E-state index in [1.54, 1.807) is 42.5 Å². The number of nitrogens with one attached hydrogen (secondary N) is 2. The van der Waals surface area contributed by atoms with E-state index in [1.165, 1.54) is 0 Å². The number of carbonyl (C=O) groups is 2. The van der Waals surface area contributed by atoms with Crippen molar-refractivity contribution in [3.63, 3.8) is 0 Å². The molecule has 0 aliphatic carbocycles. The van der Waals surface area contributed by atoms with Crippen LogP contribution in [-0.4, -0.2) is 60.0 Å². The topological polar surface area (TPSA) is 64.7 Å². The number of halogens is 1. The Morgan fingerprint density at radius 1 is 1.00 bits per heavy atom. The van der Waals surface area contributed by atoms with Crippen LogP contribution >= 0.6 is 23.8 Å². The van der Waals surface area contributed by atoms with Gasteiger partial charge in [0.1, 0.15) is 0 Å². The summed E-state index contributed by atoms with van der Waals surface area (Å²) in [5.74, 6) is -0.369. The van der Waals surface area contributed by atoms with Crippen LogP contribution in [-0.2, 0) is 0 Å². The predicted octanol–water partition coefficient (Wildman–Crippen LogP) is 2.85. The molecule has 1 aliphatic heterocycles. The molecule has 0 atom stereocenters. The highest BCUT2D eigenvalue weighted by Crippen LogP contribution is 2.24. The highest BCUT2D eigenvalue weighted by molar-refractivity contribution is 7.80. The first-order valence-corrected chi connectivity index (χ1v) is 9.67. The Morgan fingerprint density at radius 3 is 2.36 bits per heavy atom. The van der Waals surface area contributed by atoms with Crippen LogP contribution in [0.4, 0.5) is 5.69 Å². The van der Waals surface area contributed by atoms with E-state index in [-0.39, 0.29) is 16.9 Å². The predicted molar refractivity (Wildman–Crippen MR) is 115 cm³/mol. The monoisotopic (exact) mass is 416 g/mol. The van der Waals surface area contributed by atoms with E-state index in [0.29, 0.717) is 34.9 Å². The Balaban J connectivity index is 1.67. The molecule has 146 valence electrons. The Hall–Kier alpha value is -2.48. The van der Waals surface area contributed by atoms with Gasteiger partial charge < -0.3 is 15.1 Å². The van der Waals surface area contributed by atoms with Gasteiger partial charge in [-0.2, -0.15) is 0 Å². The van der Waals surface area contributed by atoms with Crippen LogP contribution < -0.4 is 10.6 Å². The molecule has 2 amide bonds. The highest BCUT2D eigenvalue weighted by Gasteiger charge is 2.21. The minimum atomic E-state index is -0.320. The van der Waals surface area contributed by atoms with Crippen molar-refractivity contribution in [1.29, 1.82) is 0 Å². The van der Waals surface area contributed by atoms with Crippen molar-refractivity contribution in [3.8, 4) is 0 Å². The minimum absolute atomic E-state index is 0.0490. The molecular weight excluding hydrogens is 396 g/mol. The second-order valence-electron chi connectivity index (χ2n) is 6.56. The highest BCUT2D eigenvalue weighted by atomic mass is 35.5. The number of benzene rings is 2. The van der Waals surface area contributed by atoms with Crippen LogP contribution in [0.1, 0.15) is 20.7 Å². The fourth-order valence-corrected chi connectivity index (χ4v) is 3.23. The first kappa shape index (κ1) is 20.3. The van der Waals surface area contributed by atoms with E-state index >= 15 is 0 Å². The summed E-state index contributed by atoms with van der Waals surface area (Å²) >= 11 is 11.5. The maximum Gasteiger partial charge on any atom is 0.257 e. The summed E-state index contributed by atoms with van der Waals surface area (Å²) in [6, 6.07) is 13.8. The van der Waals surface area contributed by atoms with Gasteiger partial charge in [-0.15, -0.1) is 0 Å². The third-order valence-corrected chi connectivity index (χ3v) is 5.05. The number of piperazine rings is 1. The smallest absolute Gasteiger partial charge is 0.257 e. The molecule has 1 fully saturated rings. The third-order valence-electron chi connectivity index (χ3n) is 4.52. The standard InChI is InChI=1S/C20H21ClN4O2S/c1-24-9-11-25(12-10-24)19(27)15-7-8-16(21)17(13-15)22-20(28)23-18(26)14-5-3-2-4-6-14/h2-8,13H,9-12H2,1H3,(H2,22,23,26,28). The molecular formula is C20H21ClN4O2S.